The van der Waals surface area contributed by atoms with Crippen LogP contribution in [-0.4, -0.2) is 63.0 Å². The fourth-order valence-corrected chi connectivity index (χ4v) is 6.39. The number of benzene rings is 2. The Morgan fingerprint density at radius 3 is 2.52 bits per heavy atom. The van der Waals surface area contributed by atoms with Crippen LogP contribution in [0.2, 0.25) is 5.02 Å². The van der Waals surface area contributed by atoms with Crippen molar-refractivity contribution in [1.82, 2.24) is 4.90 Å². The number of anilines is 1. The van der Waals surface area contributed by atoms with Gasteiger partial charge in [0.1, 0.15) is 5.75 Å². The van der Waals surface area contributed by atoms with E-state index >= 15 is 0 Å². The minimum Gasteiger partial charge on any atom is -0.497 e. The third kappa shape index (κ3) is 4.27. The lowest BCUT2D eigenvalue weighted by Gasteiger charge is -2.43. The average molecular weight is 435 g/mol. The highest BCUT2D eigenvalue weighted by Crippen LogP contribution is 2.32. The van der Waals surface area contributed by atoms with E-state index < -0.39 is 15.9 Å². The van der Waals surface area contributed by atoms with Crippen molar-refractivity contribution in [1.29, 1.82) is 0 Å². The molecule has 29 heavy (non-hydrogen) atoms. The molecule has 0 aromatic heterocycles. The van der Waals surface area contributed by atoms with E-state index in [4.69, 9.17) is 16.3 Å². The Hall–Kier alpha value is -2.09. The predicted molar refractivity (Wildman–Crippen MR) is 113 cm³/mol. The third-order valence-electron chi connectivity index (χ3n) is 5.63. The first-order valence-corrected chi connectivity index (χ1v) is 11.7. The summed E-state index contributed by atoms with van der Waals surface area (Å²) in [5.41, 5.74) is 1.78. The Morgan fingerprint density at radius 2 is 1.83 bits per heavy atom. The maximum absolute atomic E-state index is 13.0. The molecular formula is C21H23ClN2O4S. The third-order valence-corrected chi connectivity index (χ3v) is 7.57. The molecule has 2 aliphatic heterocycles. The van der Waals surface area contributed by atoms with Crippen LogP contribution in [0.4, 0.5) is 5.69 Å². The van der Waals surface area contributed by atoms with Crippen LogP contribution in [0.1, 0.15) is 5.56 Å². The lowest BCUT2D eigenvalue weighted by molar-refractivity contribution is -0.123. The van der Waals surface area contributed by atoms with Gasteiger partial charge in [0.05, 0.1) is 31.2 Å². The number of sulfone groups is 1. The van der Waals surface area contributed by atoms with Gasteiger partial charge in [-0.1, -0.05) is 29.8 Å². The van der Waals surface area contributed by atoms with Gasteiger partial charge in [0.15, 0.2) is 9.84 Å². The number of nitrogens with zero attached hydrogens (tertiary/aromatic N) is 2. The highest BCUT2D eigenvalue weighted by atomic mass is 35.5. The molecule has 0 N–H and O–H groups in total. The molecule has 0 saturated carbocycles. The first-order chi connectivity index (χ1) is 13.9. The minimum atomic E-state index is -3.21. The topological polar surface area (TPSA) is 66.9 Å². The Balaban J connectivity index is 1.55. The zero-order valence-corrected chi connectivity index (χ0v) is 17.7. The Labute approximate surface area is 175 Å². The summed E-state index contributed by atoms with van der Waals surface area (Å²) in [6.07, 6.45) is 0.734. The summed E-state index contributed by atoms with van der Waals surface area (Å²) in [4.78, 5) is 16.6. The van der Waals surface area contributed by atoms with Crippen LogP contribution >= 0.6 is 11.6 Å². The molecule has 0 spiro atoms. The summed E-state index contributed by atoms with van der Waals surface area (Å²) in [6.45, 7) is 0.817. The monoisotopic (exact) mass is 434 g/mol. The van der Waals surface area contributed by atoms with Crippen LogP contribution in [-0.2, 0) is 21.1 Å². The quantitative estimate of drug-likeness (QED) is 0.723. The Bertz CT molecular complexity index is 1010. The number of rotatable bonds is 5. The number of ether oxygens (including phenoxy) is 1. The number of amides is 1. The molecule has 0 bridgehead atoms. The molecular weight excluding hydrogens is 412 g/mol. The standard InChI is InChI=1S/C21H23ClN2O4S/c1-28-18-7-5-15(6-8-18)9-10-23-12-21(25)24(17-4-2-3-16(22)11-17)20-14-29(26,27)13-19(20)23/h2-8,11,19-20H,9-10,12-14H2,1H3. The fraction of sp³-hybridized carbons (Fsp3) is 0.381. The second kappa shape index (κ2) is 7.97. The summed E-state index contributed by atoms with van der Waals surface area (Å²) >= 11 is 6.10. The molecule has 2 aromatic carbocycles. The molecule has 2 aliphatic rings. The zero-order chi connectivity index (χ0) is 20.6. The van der Waals surface area contributed by atoms with E-state index in [1.165, 1.54) is 0 Å². The molecule has 2 aromatic rings. The normalized spacial score (nSPS) is 23.8. The number of fused-ring (bicyclic) bond motifs is 1. The number of hydrogen-bond donors (Lipinski definition) is 0. The maximum Gasteiger partial charge on any atom is 0.241 e. The summed E-state index contributed by atoms with van der Waals surface area (Å²) in [7, 11) is -1.59. The average Bonchev–Trinajstić information content (AvgIpc) is 3.01. The van der Waals surface area contributed by atoms with Crippen LogP contribution in [0.15, 0.2) is 48.5 Å². The first kappa shape index (κ1) is 20.2. The molecule has 2 atom stereocenters. The van der Waals surface area contributed by atoms with Crippen LogP contribution in [0, 0.1) is 0 Å². The summed E-state index contributed by atoms with van der Waals surface area (Å²) in [5, 5.41) is 0.523. The fourth-order valence-electron chi connectivity index (χ4n) is 4.23. The van der Waals surface area contributed by atoms with Gasteiger partial charge in [-0.2, -0.15) is 0 Å². The van der Waals surface area contributed by atoms with Gasteiger partial charge >= 0.3 is 0 Å². The lowest BCUT2D eigenvalue weighted by atomic mass is 10.0. The van der Waals surface area contributed by atoms with Gasteiger partial charge in [-0.25, -0.2) is 8.42 Å². The summed E-state index contributed by atoms with van der Waals surface area (Å²) in [5.74, 6) is 0.751. The largest absolute Gasteiger partial charge is 0.497 e. The molecule has 8 heteroatoms. The van der Waals surface area contributed by atoms with E-state index in [0.717, 1.165) is 17.7 Å². The van der Waals surface area contributed by atoms with Crippen molar-refractivity contribution < 1.29 is 17.9 Å². The van der Waals surface area contributed by atoms with E-state index in [0.29, 0.717) is 17.3 Å². The van der Waals surface area contributed by atoms with Gasteiger partial charge in [-0.05, 0) is 42.3 Å². The van der Waals surface area contributed by atoms with Gasteiger partial charge in [0, 0.05) is 23.3 Å². The van der Waals surface area contributed by atoms with Crippen molar-refractivity contribution in [2.24, 2.45) is 0 Å². The van der Waals surface area contributed by atoms with Crippen molar-refractivity contribution >= 4 is 33.0 Å². The van der Waals surface area contributed by atoms with E-state index in [1.807, 2.05) is 29.2 Å². The second-order valence-corrected chi connectivity index (χ2v) is 10.1. The van der Waals surface area contributed by atoms with Gasteiger partial charge in [-0.3, -0.25) is 9.69 Å². The second-order valence-electron chi connectivity index (χ2n) is 7.52. The molecule has 2 unspecified atom stereocenters. The predicted octanol–water partition coefficient (Wildman–Crippen LogP) is 2.41. The smallest absolute Gasteiger partial charge is 0.241 e. The van der Waals surface area contributed by atoms with Crippen LogP contribution in [0.5, 0.6) is 5.75 Å². The Kier molecular flexibility index (Phi) is 5.55. The molecule has 0 radical (unpaired) electrons. The van der Waals surface area contributed by atoms with Crippen molar-refractivity contribution in [2.75, 3.05) is 36.6 Å². The minimum absolute atomic E-state index is 0.0189. The number of piperazine rings is 1. The molecule has 2 fully saturated rings. The van der Waals surface area contributed by atoms with E-state index in [2.05, 4.69) is 0 Å². The molecule has 2 heterocycles. The summed E-state index contributed by atoms with van der Waals surface area (Å²) < 4.78 is 30.0. The van der Waals surface area contributed by atoms with Gasteiger partial charge in [-0.15, -0.1) is 0 Å². The number of carbonyl (C=O) groups excluding carboxylic acids is 1. The maximum atomic E-state index is 13.0. The molecule has 0 aliphatic carbocycles. The van der Waals surface area contributed by atoms with Crippen LogP contribution < -0.4 is 9.64 Å². The number of halogens is 1. The molecule has 2 saturated heterocycles. The van der Waals surface area contributed by atoms with Gasteiger partial charge < -0.3 is 9.64 Å². The molecule has 6 nitrogen and oxygen atoms in total. The number of hydrogen-bond acceptors (Lipinski definition) is 5. The van der Waals surface area contributed by atoms with Crippen molar-refractivity contribution in [3.63, 3.8) is 0 Å². The number of methoxy groups -OCH3 is 1. The SMILES string of the molecule is COc1ccc(CCN2CC(=O)N(c3cccc(Cl)c3)C3CS(=O)(=O)CC32)cc1. The van der Waals surface area contributed by atoms with Crippen LogP contribution in [0.25, 0.3) is 0 Å². The Morgan fingerprint density at radius 1 is 1.10 bits per heavy atom. The van der Waals surface area contributed by atoms with Crippen molar-refractivity contribution in [2.45, 2.75) is 18.5 Å². The van der Waals surface area contributed by atoms with Crippen molar-refractivity contribution in [3.8, 4) is 5.75 Å². The van der Waals surface area contributed by atoms with Gasteiger partial charge in [0.2, 0.25) is 5.91 Å². The first-order valence-electron chi connectivity index (χ1n) is 9.51. The van der Waals surface area contributed by atoms with E-state index in [9.17, 15) is 13.2 Å². The highest BCUT2D eigenvalue weighted by molar-refractivity contribution is 7.91. The molecule has 1 amide bonds. The molecule has 4 rings (SSSR count). The van der Waals surface area contributed by atoms with E-state index in [-0.39, 0.29) is 30.0 Å². The number of carbonyl (C=O) groups is 1. The highest BCUT2D eigenvalue weighted by Gasteiger charge is 2.49. The lowest BCUT2D eigenvalue weighted by Crippen LogP contribution is -2.62. The summed E-state index contributed by atoms with van der Waals surface area (Å²) in [6, 6.07) is 14.2. The van der Waals surface area contributed by atoms with Crippen LogP contribution in [0.3, 0.4) is 0 Å². The van der Waals surface area contributed by atoms with Crippen molar-refractivity contribution in [3.05, 3.63) is 59.1 Å². The van der Waals surface area contributed by atoms with Gasteiger partial charge in [0.25, 0.3) is 0 Å². The van der Waals surface area contributed by atoms with E-state index in [1.54, 1.807) is 36.3 Å². The zero-order valence-electron chi connectivity index (χ0n) is 16.1. The molecule has 154 valence electrons.